The second-order valence-corrected chi connectivity index (χ2v) is 9.14. The summed E-state index contributed by atoms with van der Waals surface area (Å²) in [5, 5.41) is 4.14. The minimum absolute atomic E-state index is 0.176. The lowest BCUT2D eigenvalue weighted by Gasteiger charge is -2.29. The number of aromatic nitrogens is 2. The monoisotopic (exact) mass is 497 g/mol. The SMILES string of the molecule is COC(=O)c1cccc(-n2cccc2[C@@H]2[C@H](c3ccccn3)NC(=S)N2c2ccc(N(C)C)cc2)c1. The Balaban J connectivity index is 1.63. The highest BCUT2D eigenvalue weighted by molar-refractivity contribution is 7.80. The zero-order chi connectivity index (χ0) is 25.2. The second-order valence-electron chi connectivity index (χ2n) is 8.75. The minimum atomic E-state index is -0.372. The van der Waals surface area contributed by atoms with Crippen molar-refractivity contribution in [2.24, 2.45) is 0 Å². The summed E-state index contributed by atoms with van der Waals surface area (Å²) in [4.78, 5) is 21.0. The van der Waals surface area contributed by atoms with Crippen molar-refractivity contribution in [1.82, 2.24) is 14.9 Å². The molecule has 182 valence electrons. The van der Waals surface area contributed by atoms with Gasteiger partial charge in [-0.25, -0.2) is 4.79 Å². The highest BCUT2D eigenvalue weighted by Crippen LogP contribution is 2.42. The van der Waals surface area contributed by atoms with Crippen LogP contribution in [-0.2, 0) is 4.74 Å². The Hall–Kier alpha value is -4.17. The summed E-state index contributed by atoms with van der Waals surface area (Å²) in [5.74, 6) is -0.372. The van der Waals surface area contributed by atoms with Crippen molar-refractivity contribution in [2.45, 2.75) is 12.1 Å². The molecule has 0 unspecified atom stereocenters. The Morgan fingerprint density at radius 2 is 1.81 bits per heavy atom. The quantitative estimate of drug-likeness (QED) is 0.300. The summed E-state index contributed by atoms with van der Waals surface area (Å²) >= 11 is 5.87. The van der Waals surface area contributed by atoms with E-state index in [9.17, 15) is 4.79 Å². The summed E-state index contributed by atoms with van der Waals surface area (Å²) in [7, 11) is 5.43. The average molecular weight is 498 g/mol. The Bertz CT molecular complexity index is 1380. The van der Waals surface area contributed by atoms with Gasteiger partial charge < -0.3 is 24.4 Å². The number of benzene rings is 2. The van der Waals surface area contributed by atoms with Gasteiger partial charge in [0.15, 0.2) is 5.11 Å². The molecule has 0 bridgehead atoms. The summed E-state index contributed by atoms with van der Waals surface area (Å²) in [6.45, 7) is 0. The Kier molecular flexibility index (Phi) is 6.43. The Morgan fingerprint density at radius 3 is 2.50 bits per heavy atom. The number of ether oxygens (including phenoxy) is 1. The van der Waals surface area contributed by atoms with Crippen LogP contribution in [0.5, 0.6) is 0 Å². The van der Waals surface area contributed by atoms with E-state index in [4.69, 9.17) is 17.0 Å². The van der Waals surface area contributed by atoms with E-state index in [2.05, 4.69) is 55.0 Å². The van der Waals surface area contributed by atoms with Crippen LogP contribution in [0.2, 0.25) is 0 Å². The van der Waals surface area contributed by atoms with Crippen LogP contribution >= 0.6 is 12.2 Å². The molecular formula is C28H27N5O2S. The van der Waals surface area contributed by atoms with Crippen LogP contribution in [0, 0.1) is 0 Å². The number of thiocarbonyl (C=S) groups is 1. The smallest absolute Gasteiger partial charge is 0.337 e. The number of esters is 1. The zero-order valence-corrected chi connectivity index (χ0v) is 21.1. The molecule has 1 aliphatic rings. The van der Waals surface area contributed by atoms with E-state index in [0.717, 1.165) is 28.5 Å². The largest absolute Gasteiger partial charge is 0.465 e. The molecule has 1 N–H and O–H groups in total. The first kappa shape index (κ1) is 23.6. The molecule has 0 aliphatic carbocycles. The zero-order valence-electron chi connectivity index (χ0n) is 20.3. The number of methoxy groups -OCH3 is 1. The van der Waals surface area contributed by atoms with Crippen LogP contribution in [0.25, 0.3) is 5.69 Å². The topological polar surface area (TPSA) is 62.6 Å². The van der Waals surface area contributed by atoms with Crippen molar-refractivity contribution in [3.8, 4) is 5.69 Å². The molecule has 2 aromatic carbocycles. The van der Waals surface area contributed by atoms with Gasteiger partial charge in [0.25, 0.3) is 0 Å². The third kappa shape index (κ3) is 4.31. The van der Waals surface area contributed by atoms with E-state index >= 15 is 0 Å². The van der Waals surface area contributed by atoms with Crippen LogP contribution < -0.4 is 15.1 Å². The van der Waals surface area contributed by atoms with Crippen LogP contribution in [0.15, 0.2) is 91.3 Å². The molecule has 1 saturated heterocycles. The number of carbonyl (C=O) groups excluding carboxylic acids is 1. The molecule has 36 heavy (non-hydrogen) atoms. The summed E-state index contributed by atoms with van der Waals surface area (Å²) in [6, 6.07) is 25.4. The van der Waals surface area contributed by atoms with Gasteiger partial charge in [0, 0.05) is 49.2 Å². The van der Waals surface area contributed by atoms with Gasteiger partial charge in [-0.05, 0) is 78.9 Å². The van der Waals surface area contributed by atoms with Crippen LogP contribution in [0.3, 0.4) is 0 Å². The summed E-state index contributed by atoms with van der Waals surface area (Å²) < 4.78 is 7.02. The lowest BCUT2D eigenvalue weighted by Crippen LogP contribution is -2.30. The minimum Gasteiger partial charge on any atom is -0.465 e. The second kappa shape index (κ2) is 9.83. The molecule has 7 nitrogen and oxygen atoms in total. The fraction of sp³-hybridized carbons (Fsp3) is 0.179. The van der Waals surface area contributed by atoms with Gasteiger partial charge in [0.1, 0.15) is 6.04 Å². The van der Waals surface area contributed by atoms with Crippen LogP contribution in [0.1, 0.15) is 33.8 Å². The van der Waals surface area contributed by atoms with E-state index in [-0.39, 0.29) is 18.1 Å². The number of nitrogens with one attached hydrogen (secondary N) is 1. The molecule has 1 aliphatic heterocycles. The predicted octanol–water partition coefficient (Wildman–Crippen LogP) is 4.90. The molecule has 0 saturated carbocycles. The van der Waals surface area contributed by atoms with E-state index in [1.54, 1.807) is 12.3 Å². The van der Waals surface area contributed by atoms with Crippen molar-refractivity contribution in [3.63, 3.8) is 0 Å². The fourth-order valence-corrected chi connectivity index (χ4v) is 4.96. The molecule has 0 spiro atoms. The van der Waals surface area contributed by atoms with Gasteiger partial charge in [0.05, 0.1) is 24.4 Å². The van der Waals surface area contributed by atoms with Crippen molar-refractivity contribution in [3.05, 3.63) is 108 Å². The maximum absolute atomic E-state index is 12.2. The van der Waals surface area contributed by atoms with Crippen molar-refractivity contribution < 1.29 is 9.53 Å². The third-order valence-electron chi connectivity index (χ3n) is 6.37. The van der Waals surface area contributed by atoms with Crippen molar-refractivity contribution >= 4 is 34.7 Å². The first-order valence-electron chi connectivity index (χ1n) is 11.6. The van der Waals surface area contributed by atoms with Crippen LogP contribution in [0.4, 0.5) is 11.4 Å². The molecule has 1 fully saturated rings. The normalized spacial score (nSPS) is 17.1. The first-order valence-corrected chi connectivity index (χ1v) is 12.0. The highest BCUT2D eigenvalue weighted by Gasteiger charge is 2.42. The number of anilines is 2. The lowest BCUT2D eigenvalue weighted by atomic mass is 10.0. The van der Waals surface area contributed by atoms with Gasteiger partial charge in [-0.2, -0.15) is 0 Å². The van der Waals surface area contributed by atoms with E-state index in [1.807, 2.05) is 62.8 Å². The van der Waals surface area contributed by atoms with E-state index < -0.39 is 0 Å². The number of rotatable bonds is 6. The highest BCUT2D eigenvalue weighted by atomic mass is 32.1. The molecule has 0 amide bonds. The number of pyridine rings is 1. The van der Waals surface area contributed by atoms with Gasteiger partial charge in [-0.3, -0.25) is 4.98 Å². The van der Waals surface area contributed by atoms with Crippen molar-refractivity contribution in [2.75, 3.05) is 31.0 Å². The molecule has 3 heterocycles. The first-order chi connectivity index (χ1) is 17.5. The standard InChI is InChI=1S/C28H27N5O2S/c1-31(2)20-12-14-21(15-13-20)33-26(25(30-28(33)36)23-10-4-5-16-29-23)24-11-7-17-32(24)22-9-6-8-19(18-22)27(34)35-3/h4-18,25-26H,1-3H3,(H,30,36)/t25-,26+/m0/s1. The van der Waals surface area contributed by atoms with Gasteiger partial charge in [-0.1, -0.05) is 12.1 Å². The lowest BCUT2D eigenvalue weighted by molar-refractivity contribution is 0.0600. The van der Waals surface area contributed by atoms with Crippen molar-refractivity contribution in [1.29, 1.82) is 0 Å². The van der Waals surface area contributed by atoms with E-state index in [0.29, 0.717) is 10.7 Å². The third-order valence-corrected chi connectivity index (χ3v) is 6.69. The molecule has 0 radical (unpaired) electrons. The maximum Gasteiger partial charge on any atom is 0.337 e. The molecule has 2 atom stereocenters. The van der Waals surface area contributed by atoms with E-state index in [1.165, 1.54) is 7.11 Å². The molecule has 8 heteroatoms. The average Bonchev–Trinajstić information content (AvgIpc) is 3.53. The number of carbonyl (C=O) groups is 1. The molecule has 2 aromatic heterocycles. The number of nitrogens with zero attached hydrogens (tertiary/aromatic N) is 4. The van der Waals surface area contributed by atoms with Gasteiger partial charge >= 0.3 is 5.97 Å². The molecule has 5 rings (SSSR count). The Labute approximate surface area is 215 Å². The summed E-state index contributed by atoms with van der Waals surface area (Å²) in [5.41, 5.74) is 5.35. The predicted molar refractivity (Wildman–Crippen MR) is 146 cm³/mol. The summed E-state index contributed by atoms with van der Waals surface area (Å²) in [6.07, 6.45) is 3.79. The number of hydrogen-bond donors (Lipinski definition) is 1. The fourth-order valence-electron chi connectivity index (χ4n) is 4.62. The Morgan fingerprint density at radius 1 is 1.00 bits per heavy atom. The van der Waals surface area contributed by atoms with Gasteiger partial charge in [-0.15, -0.1) is 0 Å². The molecule has 4 aromatic rings. The maximum atomic E-state index is 12.2. The molecular weight excluding hydrogens is 470 g/mol. The number of hydrogen-bond acceptors (Lipinski definition) is 5. The van der Waals surface area contributed by atoms with Gasteiger partial charge in [0.2, 0.25) is 0 Å². The van der Waals surface area contributed by atoms with Crippen LogP contribution in [-0.4, -0.2) is 41.8 Å².